The lowest BCUT2D eigenvalue weighted by molar-refractivity contribution is -0.146. The third-order valence-electron chi connectivity index (χ3n) is 10.9. The maximum Gasteiger partial charge on any atom is 0.227 e. The van der Waals surface area contributed by atoms with Gasteiger partial charge in [0, 0.05) is 56.4 Å². The Morgan fingerprint density at radius 3 is 2.07 bits per heavy atom. The van der Waals surface area contributed by atoms with E-state index in [1.165, 1.54) is 6.92 Å². The van der Waals surface area contributed by atoms with Crippen LogP contribution in [0.5, 0.6) is 0 Å². The van der Waals surface area contributed by atoms with E-state index in [-0.39, 0.29) is 65.9 Å². The van der Waals surface area contributed by atoms with Crippen LogP contribution < -0.4 is 0 Å². The summed E-state index contributed by atoms with van der Waals surface area (Å²) in [5.74, 6) is -2.40. The van der Waals surface area contributed by atoms with Crippen molar-refractivity contribution < 1.29 is 24.0 Å². The fourth-order valence-corrected chi connectivity index (χ4v) is 8.28. The number of ketones is 4. The summed E-state index contributed by atoms with van der Waals surface area (Å²) in [7, 11) is 0. The monoisotopic (exact) mass is 609 g/mol. The number of hydrogen-bond donors (Lipinski definition) is 0. The maximum absolute atomic E-state index is 14.3. The lowest BCUT2D eigenvalue weighted by atomic mass is 9.74. The van der Waals surface area contributed by atoms with Crippen molar-refractivity contribution in [2.45, 2.75) is 122 Å². The maximum atomic E-state index is 14.3. The first-order chi connectivity index (χ1) is 19.1. The molecule has 6 atom stereocenters. The molecule has 4 fully saturated rings. The van der Waals surface area contributed by atoms with Crippen molar-refractivity contribution in [1.82, 2.24) is 4.90 Å². The number of fused-ring (bicyclic) bond motifs is 1. The Bertz CT molecular complexity index is 1040. The number of amides is 1. The first-order valence-electron chi connectivity index (χ1n) is 15.9. The Morgan fingerprint density at radius 2 is 1.54 bits per heavy atom. The van der Waals surface area contributed by atoms with Crippen LogP contribution in [0.25, 0.3) is 0 Å². The molecular weight excluding hydrogens is 561 g/mol. The predicted molar refractivity (Wildman–Crippen MR) is 161 cm³/mol. The van der Waals surface area contributed by atoms with E-state index in [0.717, 1.165) is 51.4 Å². The van der Waals surface area contributed by atoms with Gasteiger partial charge in [0.05, 0.1) is 6.04 Å². The third-order valence-corrected chi connectivity index (χ3v) is 12.0. The molecule has 230 valence electrons. The van der Waals surface area contributed by atoms with Crippen LogP contribution in [-0.2, 0) is 24.0 Å². The summed E-state index contributed by atoms with van der Waals surface area (Å²) in [4.78, 5) is 68.1. The summed E-state index contributed by atoms with van der Waals surface area (Å²) >= 11 is 13.2. The Kier molecular flexibility index (Phi) is 10.2. The smallest absolute Gasteiger partial charge is 0.227 e. The molecule has 0 spiro atoms. The number of nitrogens with zero attached hydrogens (tertiary/aromatic N) is 1. The summed E-state index contributed by atoms with van der Waals surface area (Å²) in [6, 6.07) is -0.819. The van der Waals surface area contributed by atoms with Crippen molar-refractivity contribution in [3.05, 3.63) is 0 Å². The number of likely N-dealkylation sites (tertiary alicyclic amines) is 1. The zero-order valence-electron chi connectivity index (χ0n) is 25.6. The van der Waals surface area contributed by atoms with Gasteiger partial charge in [0.1, 0.15) is 10.1 Å². The van der Waals surface area contributed by atoms with Crippen molar-refractivity contribution in [1.29, 1.82) is 0 Å². The Hall–Kier alpha value is -1.27. The first-order valence-corrected chi connectivity index (χ1v) is 16.7. The van der Waals surface area contributed by atoms with Crippen molar-refractivity contribution >= 4 is 52.2 Å². The minimum atomic E-state index is -1.08. The summed E-state index contributed by atoms with van der Waals surface area (Å²) in [5.41, 5.74) is -0.00882. The van der Waals surface area contributed by atoms with Crippen LogP contribution in [0.1, 0.15) is 112 Å². The average molecular weight is 611 g/mol. The number of piperidine rings is 1. The standard InChI is InChI=1S/C33H49Cl2NO5/c1-19(32(3,4)5)14-24(38)17-25(22-12-7-6-8-13-22)31(41)36-18-26-28(33(26,34)35)29(36)27(39)16-23(30(40)20(2)37)15-21-10-9-11-21/h19,21-23,25-26,28-29H,6-18H2,1-5H3/t19?,23-,25-,26-,28-,29+/m0/s1. The molecule has 1 heterocycles. The topological polar surface area (TPSA) is 88.6 Å². The number of rotatable bonds is 13. The Labute approximate surface area is 256 Å². The number of carbonyl (C=O) groups is 5. The fraction of sp³-hybridized carbons (Fsp3) is 0.848. The molecular formula is C33H49Cl2NO5. The number of carbonyl (C=O) groups excluding carboxylic acids is 5. The predicted octanol–water partition coefficient (Wildman–Crippen LogP) is 6.77. The van der Waals surface area contributed by atoms with Crippen LogP contribution in [0.3, 0.4) is 0 Å². The molecule has 3 saturated carbocycles. The van der Waals surface area contributed by atoms with Gasteiger partial charge >= 0.3 is 0 Å². The van der Waals surface area contributed by atoms with Gasteiger partial charge in [-0.15, -0.1) is 23.2 Å². The van der Waals surface area contributed by atoms with Crippen molar-refractivity contribution in [3.8, 4) is 0 Å². The number of alkyl halides is 2. The van der Waals surface area contributed by atoms with Gasteiger partial charge in [-0.3, -0.25) is 24.0 Å². The van der Waals surface area contributed by atoms with E-state index in [9.17, 15) is 24.0 Å². The number of halogens is 2. The highest BCUT2D eigenvalue weighted by molar-refractivity contribution is 6.51. The van der Waals surface area contributed by atoms with Gasteiger partial charge in [0.15, 0.2) is 11.6 Å². The molecule has 41 heavy (non-hydrogen) atoms. The molecule has 0 N–H and O–H groups in total. The molecule has 1 saturated heterocycles. The lowest BCUT2D eigenvalue weighted by Crippen LogP contribution is -2.50. The highest BCUT2D eigenvalue weighted by atomic mass is 35.5. The van der Waals surface area contributed by atoms with Crippen molar-refractivity contribution in [2.75, 3.05) is 6.54 Å². The van der Waals surface area contributed by atoms with Gasteiger partial charge in [-0.2, -0.15) is 0 Å². The molecule has 8 heteroatoms. The molecule has 0 radical (unpaired) electrons. The van der Waals surface area contributed by atoms with Crippen LogP contribution >= 0.6 is 23.2 Å². The molecule has 0 aromatic carbocycles. The molecule has 0 bridgehead atoms. The van der Waals surface area contributed by atoms with E-state index in [2.05, 4.69) is 27.7 Å². The van der Waals surface area contributed by atoms with Crippen molar-refractivity contribution in [3.63, 3.8) is 0 Å². The summed E-state index contributed by atoms with van der Waals surface area (Å²) in [6.45, 7) is 10.0. The van der Waals surface area contributed by atoms with E-state index in [0.29, 0.717) is 18.8 Å². The van der Waals surface area contributed by atoms with E-state index < -0.39 is 33.8 Å². The number of Topliss-reactive ketones (excluding diaryl/α,β-unsaturated/α-hetero) is 4. The highest BCUT2D eigenvalue weighted by Gasteiger charge is 2.73. The van der Waals surface area contributed by atoms with Crippen LogP contribution in [0.4, 0.5) is 0 Å². The quantitative estimate of drug-likeness (QED) is 0.170. The molecule has 4 aliphatic rings. The van der Waals surface area contributed by atoms with Gasteiger partial charge in [-0.1, -0.05) is 66.2 Å². The van der Waals surface area contributed by atoms with Crippen LogP contribution in [0.15, 0.2) is 0 Å². The molecule has 1 unspecified atom stereocenters. The summed E-state index contributed by atoms with van der Waals surface area (Å²) in [5, 5.41) is 0. The second-order valence-electron chi connectivity index (χ2n) is 14.8. The molecule has 1 amide bonds. The molecule has 0 aromatic rings. The van der Waals surface area contributed by atoms with E-state index >= 15 is 0 Å². The van der Waals surface area contributed by atoms with Gasteiger partial charge in [-0.25, -0.2) is 0 Å². The zero-order chi connectivity index (χ0) is 30.3. The molecule has 3 aliphatic carbocycles. The third kappa shape index (κ3) is 7.28. The van der Waals surface area contributed by atoms with E-state index in [1.807, 2.05) is 0 Å². The van der Waals surface area contributed by atoms with Gasteiger partial charge < -0.3 is 4.90 Å². The highest BCUT2D eigenvalue weighted by Crippen LogP contribution is 2.66. The molecule has 0 aromatic heterocycles. The minimum absolute atomic E-state index is 0.00882. The second-order valence-corrected chi connectivity index (χ2v) is 16.2. The van der Waals surface area contributed by atoms with Gasteiger partial charge in [-0.05, 0) is 42.4 Å². The largest absolute Gasteiger partial charge is 0.332 e. The van der Waals surface area contributed by atoms with Gasteiger partial charge in [0.2, 0.25) is 11.7 Å². The van der Waals surface area contributed by atoms with Crippen LogP contribution in [-0.4, -0.2) is 50.9 Å². The minimum Gasteiger partial charge on any atom is -0.332 e. The fourth-order valence-electron chi connectivity index (χ4n) is 7.45. The number of hydrogen-bond acceptors (Lipinski definition) is 5. The first kappa shape index (κ1) is 32.6. The van der Waals surface area contributed by atoms with Gasteiger partial charge in [0.25, 0.3) is 0 Å². The average Bonchev–Trinajstić information content (AvgIpc) is 3.20. The molecule has 1 aliphatic heterocycles. The Balaban J connectivity index is 1.55. The molecule has 4 rings (SSSR count). The van der Waals surface area contributed by atoms with E-state index in [1.54, 1.807) is 4.90 Å². The summed E-state index contributed by atoms with van der Waals surface area (Å²) in [6.07, 6.45) is 9.20. The lowest BCUT2D eigenvalue weighted by Gasteiger charge is -2.37. The zero-order valence-corrected chi connectivity index (χ0v) is 27.1. The second kappa shape index (κ2) is 12.8. The Morgan fingerprint density at radius 1 is 0.902 bits per heavy atom. The van der Waals surface area contributed by atoms with Crippen LogP contribution in [0.2, 0.25) is 0 Å². The SMILES string of the molecule is CC(=O)C(=O)[C@H](CC(=O)[C@@H]1[C@@H]2[C@H](CN1C(=O)[C@@H](CC(=O)CC(C)C(C)(C)C)C1CCCCC1)C2(Cl)Cl)CC1CCC1. The van der Waals surface area contributed by atoms with Crippen LogP contribution in [0, 0.1) is 46.8 Å². The molecule has 6 nitrogen and oxygen atoms in total. The summed E-state index contributed by atoms with van der Waals surface area (Å²) < 4.78 is -1.08. The van der Waals surface area contributed by atoms with Crippen molar-refractivity contribution in [2.24, 2.45) is 46.8 Å². The van der Waals surface area contributed by atoms with E-state index in [4.69, 9.17) is 23.2 Å². The normalized spacial score (nSPS) is 28.3.